The molecule has 0 aliphatic rings. The van der Waals surface area contributed by atoms with Crippen LogP contribution in [0.15, 0.2) is 18.2 Å². The molecule has 0 saturated carbocycles. The first-order valence-corrected chi connectivity index (χ1v) is 6.62. The number of thiocarbonyl (C=S) groups is 1. The predicted octanol–water partition coefficient (Wildman–Crippen LogP) is 2.38. The summed E-state index contributed by atoms with van der Waals surface area (Å²) in [5, 5.41) is 3.49. The average molecular weight is 265 g/mol. The third-order valence-corrected chi connectivity index (χ3v) is 3.13. The Kier molecular flexibility index (Phi) is 5.56. The van der Waals surface area contributed by atoms with Crippen molar-refractivity contribution in [2.75, 3.05) is 26.0 Å². The lowest BCUT2D eigenvalue weighted by Crippen LogP contribution is -2.23. The zero-order chi connectivity index (χ0) is 13.7. The molecule has 0 spiro atoms. The number of hydrogen-bond donors (Lipinski definition) is 2. The minimum absolute atomic E-state index is 0.447. The van der Waals surface area contributed by atoms with Crippen molar-refractivity contribution in [1.29, 1.82) is 0 Å². The highest BCUT2D eigenvalue weighted by Crippen LogP contribution is 2.16. The second kappa shape index (κ2) is 6.71. The van der Waals surface area contributed by atoms with Gasteiger partial charge in [-0.2, -0.15) is 0 Å². The van der Waals surface area contributed by atoms with Gasteiger partial charge >= 0.3 is 0 Å². The van der Waals surface area contributed by atoms with E-state index in [-0.39, 0.29) is 0 Å². The Morgan fingerprint density at radius 3 is 2.61 bits per heavy atom. The highest BCUT2D eigenvalue weighted by atomic mass is 32.1. The molecule has 18 heavy (non-hydrogen) atoms. The van der Waals surface area contributed by atoms with Gasteiger partial charge < -0.3 is 16.0 Å². The van der Waals surface area contributed by atoms with Gasteiger partial charge in [-0.3, -0.25) is 0 Å². The molecular weight excluding hydrogens is 242 g/mol. The average Bonchev–Trinajstić information content (AvgIpc) is 2.26. The highest BCUT2D eigenvalue weighted by Gasteiger charge is 2.05. The summed E-state index contributed by atoms with van der Waals surface area (Å²) in [5.74, 6) is 0. The van der Waals surface area contributed by atoms with Crippen molar-refractivity contribution >= 4 is 22.9 Å². The minimum Gasteiger partial charge on any atom is -0.389 e. The van der Waals surface area contributed by atoms with Gasteiger partial charge in [0.15, 0.2) is 0 Å². The quantitative estimate of drug-likeness (QED) is 0.775. The Labute approximate surface area is 115 Å². The van der Waals surface area contributed by atoms with Gasteiger partial charge in [-0.05, 0) is 64.7 Å². The second-order valence-electron chi connectivity index (χ2n) is 5.03. The van der Waals surface area contributed by atoms with Gasteiger partial charge in [0.1, 0.15) is 4.99 Å². The summed E-state index contributed by atoms with van der Waals surface area (Å²) in [6.07, 6.45) is 1.11. The van der Waals surface area contributed by atoms with Crippen LogP contribution in [-0.4, -0.2) is 36.6 Å². The first-order chi connectivity index (χ1) is 8.40. The number of hydrogen-bond acceptors (Lipinski definition) is 3. The van der Waals surface area contributed by atoms with Crippen LogP contribution in [0.4, 0.5) is 5.69 Å². The topological polar surface area (TPSA) is 41.3 Å². The number of nitrogens with one attached hydrogen (secondary N) is 1. The van der Waals surface area contributed by atoms with Gasteiger partial charge in [0.25, 0.3) is 0 Å². The number of aryl methyl sites for hydroxylation is 1. The van der Waals surface area contributed by atoms with E-state index in [1.807, 2.05) is 19.1 Å². The van der Waals surface area contributed by atoms with Crippen LogP contribution in [0.2, 0.25) is 0 Å². The van der Waals surface area contributed by atoms with Crippen LogP contribution in [0, 0.1) is 6.92 Å². The number of nitrogens with two attached hydrogens (primary N) is 1. The summed E-state index contributed by atoms with van der Waals surface area (Å²) in [5.41, 5.74) is 8.85. The fourth-order valence-electron chi connectivity index (χ4n) is 1.84. The molecule has 0 radical (unpaired) electrons. The van der Waals surface area contributed by atoms with Crippen LogP contribution in [-0.2, 0) is 0 Å². The Morgan fingerprint density at radius 1 is 1.44 bits per heavy atom. The van der Waals surface area contributed by atoms with E-state index in [1.165, 1.54) is 0 Å². The van der Waals surface area contributed by atoms with Crippen LogP contribution in [0.25, 0.3) is 0 Å². The molecule has 4 heteroatoms. The predicted molar refractivity (Wildman–Crippen MR) is 83.3 cm³/mol. The van der Waals surface area contributed by atoms with E-state index in [1.54, 1.807) is 0 Å². The normalized spacial score (nSPS) is 12.5. The van der Waals surface area contributed by atoms with Crippen LogP contribution in [0.5, 0.6) is 0 Å². The Morgan fingerprint density at radius 2 is 2.11 bits per heavy atom. The van der Waals surface area contributed by atoms with Crippen molar-refractivity contribution in [3.05, 3.63) is 29.3 Å². The standard InChI is InChI=1S/C14H23N3S/c1-10-9-12(5-6-13(10)14(15)18)16-11(2)7-8-17(3)4/h5-6,9,11,16H,7-8H2,1-4H3,(H2,15,18). The first kappa shape index (κ1) is 14.9. The zero-order valence-electron chi connectivity index (χ0n) is 11.7. The Balaban J connectivity index is 2.63. The van der Waals surface area contributed by atoms with Crippen molar-refractivity contribution in [3.63, 3.8) is 0 Å². The van der Waals surface area contributed by atoms with Gasteiger partial charge in [-0.15, -0.1) is 0 Å². The van der Waals surface area contributed by atoms with E-state index in [9.17, 15) is 0 Å². The van der Waals surface area contributed by atoms with Gasteiger partial charge in [-0.1, -0.05) is 12.2 Å². The molecule has 0 saturated heterocycles. The van der Waals surface area contributed by atoms with Crippen LogP contribution in [0.3, 0.4) is 0 Å². The lowest BCUT2D eigenvalue weighted by Gasteiger charge is -2.18. The summed E-state index contributed by atoms with van der Waals surface area (Å²) >= 11 is 5.00. The SMILES string of the molecule is Cc1cc(NC(C)CCN(C)C)ccc1C(N)=S. The highest BCUT2D eigenvalue weighted by molar-refractivity contribution is 7.80. The molecule has 1 aromatic rings. The summed E-state index contributed by atoms with van der Waals surface area (Å²) in [6, 6.07) is 6.56. The molecule has 0 aliphatic heterocycles. The molecule has 0 fully saturated rings. The van der Waals surface area contributed by atoms with Gasteiger partial charge in [-0.25, -0.2) is 0 Å². The van der Waals surface area contributed by atoms with Crippen molar-refractivity contribution < 1.29 is 0 Å². The molecule has 0 heterocycles. The maximum atomic E-state index is 5.65. The van der Waals surface area contributed by atoms with Gasteiger partial charge in [0.2, 0.25) is 0 Å². The third kappa shape index (κ3) is 4.63. The van der Waals surface area contributed by atoms with Crippen molar-refractivity contribution in [2.24, 2.45) is 5.73 Å². The van der Waals surface area contributed by atoms with Crippen molar-refractivity contribution in [3.8, 4) is 0 Å². The monoisotopic (exact) mass is 265 g/mol. The van der Waals surface area contributed by atoms with Crippen LogP contribution >= 0.6 is 12.2 Å². The second-order valence-corrected chi connectivity index (χ2v) is 5.47. The van der Waals surface area contributed by atoms with Gasteiger partial charge in [0.05, 0.1) is 0 Å². The molecule has 100 valence electrons. The van der Waals surface area contributed by atoms with E-state index >= 15 is 0 Å². The fourth-order valence-corrected chi connectivity index (χ4v) is 2.07. The van der Waals surface area contributed by atoms with E-state index in [0.29, 0.717) is 11.0 Å². The molecule has 1 aromatic carbocycles. The molecular formula is C14H23N3S. The first-order valence-electron chi connectivity index (χ1n) is 6.22. The number of benzene rings is 1. The molecule has 1 rings (SSSR count). The smallest absolute Gasteiger partial charge is 0.104 e. The summed E-state index contributed by atoms with van der Waals surface area (Å²) in [4.78, 5) is 2.65. The Bertz CT molecular complexity index is 416. The van der Waals surface area contributed by atoms with Crippen LogP contribution in [0.1, 0.15) is 24.5 Å². The van der Waals surface area contributed by atoms with Crippen LogP contribution < -0.4 is 11.1 Å². The van der Waals surface area contributed by atoms with E-state index in [0.717, 1.165) is 29.8 Å². The Hall–Kier alpha value is -1.13. The summed E-state index contributed by atoms with van der Waals surface area (Å²) in [7, 11) is 4.18. The summed E-state index contributed by atoms with van der Waals surface area (Å²) < 4.78 is 0. The summed E-state index contributed by atoms with van der Waals surface area (Å²) in [6.45, 7) is 5.31. The van der Waals surface area contributed by atoms with E-state index < -0.39 is 0 Å². The molecule has 1 unspecified atom stereocenters. The number of rotatable bonds is 6. The fraction of sp³-hybridized carbons (Fsp3) is 0.500. The maximum Gasteiger partial charge on any atom is 0.104 e. The molecule has 0 aromatic heterocycles. The molecule has 1 atom stereocenters. The molecule has 3 N–H and O–H groups in total. The third-order valence-electron chi connectivity index (χ3n) is 2.91. The molecule has 3 nitrogen and oxygen atoms in total. The largest absolute Gasteiger partial charge is 0.389 e. The molecule has 0 amide bonds. The number of nitrogens with zero attached hydrogens (tertiary/aromatic N) is 1. The molecule has 0 aliphatic carbocycles. The van der Waals surface area contributed by atoms with Crippen molar-refractivity contribution in [2.45, 2.75) is 26.3 Å². The van der Waals surface area contributed by atoms with Gasteiger partial charge in [0, 0.05) is 17.3 Å². The lowest BCUT2D eigenvalue weighted by atomic mass is 10.1. The van der Waals surface area contributed by atoms with Crippen molar-refractivity contribution in [1.82, 2.24) is 4.90 Å². The lowest BCUT2D eigenvalue weighted by molar-refractivity contribution is 0.390. The minimum atomic E-state index is 0.447. The maximum absolute atomic E-state index is 5.65. The number of anilines is 1. The zero-order valence-corrected chi connectivity index (χ0v) is 12.5. The van der Waals surface area contributed by atoms with E-state index in [2.05, 4.69) is 37.3 Å². The van der Waals surface area contributed by atoms with E-state index in [4.69, 9.17) is 18.0 Å². The molecule has 0 bridgehead atoms.